The molecule has 6 heteroatoms. The van der Waals surface area contributed by atoms with Crippen LogP contribution >= 0.6 is 0 Å². The number of aryl methyl sites for hydroxylation is 1. The number of carbonyl (C=O) groups excluding carboxylic acids is 1. The highest BCUT2D eigenvalue weighted by Crippen LogP contribution is 2.30. The largest absolute Gasteiger partial charge is 0.423 e. The molecular formula is C19H19N3O3. The fourth-order valence-corrected chi connectivity index (χ4v) is 3.30. The van der Waals surface area contributed by atoms with Gasteiger partial charge in [-0.3, -0.25) is 10.1 Å². The second kappa shape index (κ2) is 6.64. The van der Waals surface area contributed by atoms with Crippen LogP contribution in [0, 0.1) is 6.92 Å². The highest BCUT2D eigenvalue weighted by molar-refractivity contribution is 5.93. The average Bonchev–Trinajstić information content (AvgIpc) is 3.15. The highest BCUT2D eigenvalue weighted by atomic mass is 16.5. The van der Waals surface area contributed by atoms with Gasteiger partial charge in [0, 0.05) is 36.3 Å². The third kappa shape index (κ3) is 3.00. The average molecular weight is 337 g/mol. The second-order valence-electron chi connectivity index (χ2n) is 6.23. The molecule has 6 nitrogen and oxygen atoms in total. The van der Waals surface area contributed by atoms with Crippen molar-refractivity contribution in [3.63, 3.8) is 0 Å². The fraction of sp³-hybridized carbons (Fsp3) is 0.316. The van der Waals surface area contributed by atoms with Crippen LogP contribution in [0.15, 0.2) is 36.7 Å². The van der Waals surface area contributed by atoms with Gasteiger partial charge in [-0.25, -0.2) is 4.79 Å². The van der Waals surface area contributed by atoms with Gasteiger partial charge in [0.05, 0.1) is 17.4 Å². The summed E-state index contributed by atoms with van der Waals surface area (Å²) in [5, 5.41) is 8.00. The van der Waals surface area contributed by atoms with Gasteiger partial charge in [0.1, 0.15) is 11.3 Å². The molecule has 0 amide bonds. The molecule has 0 aliphatic carbocycles. The maximum Gasteiger partial charge on any atom is 0.347 e. The molecule has 25 heavy (non-hydrogen) atoms. The number of hydrogen-bond donors (Lipinski definition) is 1. The van der Waals surface area contributed by atoms with Gasteiger partial charge in [-0.2, -0.15) is 5.10 Å². The standard InChI is InChI=1S/C19H19N3O3/c1-12-14-3-2-8-20-16(14)4-5-17(12)25-19(23)15-11-21-22-18(15)13-6-9-24-10-7-13/h2-5,8,11,13H,6-7,9-10H2,1H3,(H,21,22). The van der Waals surface area contributed by atoms with Crippen molar-refractivity contribution in [3.8, 4) is 5.75 Å². The number of benzene rings is 1. The van der Waals surface area contributed by atoms with Crippen molar-refractivity contribution in [1.82, 2.24) is 15.2 Å². The quantitative estimate of drug-likeness (QED) is 0.585. The summed E-state index contributed by atoms with van der Waals surface area (Å²) in [6, 6.07) is 7.50. The van der Waals surface area contributed by atoms with Gasteiger partial charge in [-0.1, -0.05) is 6.07 Å². The van der Waals surface area contributed by atoms with Crippen molar-refractivity contribution >= 4 is 16.9 Å². The lowest BCUT2D eigenvalue weighted by molar-refractivity contribution is 0.0719. The van der Waals surface area contributed by atoms with E-state index in [2.05, 4.69) is 15.2 Å². The van der Waals surface area contributed by atoms with Crippen LogP contribution in [0.2, 0.25) is 0 Å². The Morgan fingerprint density at radius 2 is 2.12 bits per heavy atom. The summed E-state index contributed by atoms with van der Waals surface area (Å²) in [6.07, 6.45) is 5.05. The number of H-pyrrole nitrogens is 1. The molecule has 1 aliphatic rings. The van der Waals surface area contributed by atoms with E-state index in [-0.39, 0.29) is 11.9 Å². The number of nitrogens with one attached hydrogen (secondary N) is 1. The second-order valence-corrected chi connectivity index (χ2v) is 6.23. The van der Waals surface area contributed by atoms with Crippen LogP contribution in [-0.4, -0.2) is 34.4 Å². The van der Waals surface area contributed by atoms with Crippen LogP contribution in [0.3, 0.4) is 0 Å². The van der Waals surface area contributed by atoms with Gasteiger partial charge in [0.2, 0.25) is 0 Å². The van der Waals surface area contributed by atoms with Gasteiger partial charge >= 0.3 is 5.97 Å². The summed E-state index contributed by atoms with van der Waals surface area (Å²) in [4.78, 5) is 17.0. The number of aromatic nitrogens is 3. The zero-order valence-corrected chi connectivity index (χ0v) is 14.0. The zero-order chi connectivity index (χ0) is 17.2. The lowest BCUT2D eigenvalue weighted by atomic mass is 9.94. The number of aromatic amines is 1. The van der Waals surface area contributed by atoms with E-state index < -0.39 is 0 Å². The first-order valence-corrected chi connectivity index (χ1v) is 8.41. The van der Waals surface area contributed by atoms with Gasteiger partial charge in [-0.05, 0) is 38.0 Å². The number of ether oxygens (including phenoxy) is 2. The first-order chi connectivity index (χ1) is 12.2. The molecule has 0 atom stereocenters. The number of pyridine rings is 1. The van der Waals surface area contributed by atoms with E-state index in [1.54, 1.807) is 18.5 Å². The summed E-state index contributed by atoms with van der Waals surface area (Å²) in [6.45, 7) is 3.34. The van der Waals surface area contributed by atoms with Crippen molar-refractivity contribution in [2.24, 2.45) is 0 Å². The summed E-state index contributed by atoms with van der Waals surface area (Å²) in [5.74, 6) is 0.409. The molecule has 1 N–H and O–H groups in total. The summed E-state index contributed by atoms with van der Waals surface area (Å²) < 4.78 is 11.1. The van der Waals surface area contributed by atoms with Crippen molar-refractivity contribution in [2.75, 3.05) is 13.2 Å². The molecule has 1 aromatic carbocycles. The molecule has 1 aliphatic heterocycles. The third-order valence-corrected chi connectivity index (χ3v) is 4.73. The Bertz CT molecular complexity index is 913. The molecule has 0 bridgehead atoms. The Morgan fingerprint density at radius 1 is 1.28 bits per heavy atom. The van der Waals surface area contributed by atoms with Crippen LogP contribution in [0.1, 0.15) is 40.4 Å². The summed E-state index contributed by atoms with van der Waals surface area (Å²) >= 11 is 0. The Morgan fingerprint density at radius 3 is 2.96 bits per heavy atom. The highest BCUT2D eigenvalue weighted by Gasteiger charge is 2.25. The third-order valence-electron chi connectivity index (χ3n) is 4.73. The minimum Gasteiger partial charge on any atom is -0.423 e. The Hall–Kier alpha value is -2.73. The maximum absolute atomic E-state index is 12.7. The molecular weight excluding hydrogens is 318 g/mol. The predicted octanol–water partition coefficient (Wildman–Crippen LogP) is 3.38. The van der Waals surface area contributed by atoms with Crippen molar-refractivity contribution in [1.29, 1.82) is 0 Å². The van der Waals surface area contributed by atoms with E-state index in [1.165, 1.54) is 0 Å². The first kappa shape index (κ1) is 15.8. The van der Waals surface area contributed by atoms with E-state index in [0.717, 1.165) is 35.0 Å². The van der Waals surface area contributed by atoms with Gasteiger partial charge in [0.15, 0.2) is 0 Å². The Labute approximate surface area is 145 Å². The minimum absolute atomic E-state index is 0.251. The summed E-state index contributed by atoms with van der Waals surface area (Å²) in [5.41, 5.74) is 3.12. The Kier molecular flexibility index (Phi) is 4.19. The molecule has 4 rings (SSSR count). The van der Waals surface area contributed by atoms with Crippen LogP contribution in [0.25, 0.3) is 10.9 Å². The molecule has 128 valence electrons. The number of nitrogens with zero attached hydrogens (tertiary/aromatic N) is 2. The van der Waals surface area contributed by atoms with Gasteiger partial charge in [0.25, 0.3) is 0 Å². The Balaban J connectivity index is 1.61. The number of hydrogen-bond acceptors (Lipinski definition) is 5. The molecule has 0 unspecified atom stereocenters. The van der Waals surface area contributed by atoms with Gasteiger partial charge < -0.3 is 9.47 Å². The minimum atomic E-state index is -0.387. The maximum atomic E-state index is 12.7. The van der Waals surface area contributed by atoms with E-state index in [1.807, 2.05) is 25.1 Å². The zero-order valence-electron chi connectivity index (χ0n) is 14.0. The van der Waals surface area contributed by atoms with Crippen LogP contribution < -0.4 is 4.74 Å². The monoisotopic (exact) mass is 337 g/mol. The number of esters is 1. The van der Waals surface area contributed by atoms with Gasteiger partial charge in [-0.15, -0.1) is 0 Å². The topological polar surface area (TPSA) is 77.1 Å². The number of carbonyl (C=O) groups is 1. The van der Waals surface area contributed by atoms with E-state index in [0.29, 0.717) is 24.5 Å². The number of rotatable bonds is 3. The SMILES string of the molecule is Cc1c(OC(=O)c2cn[nH]c2C2CCOCC2)ccc2ncccc12. The number of fused-ring (bicyclic) bond motifs is 1. The predicted molar refractivity (Wildman–Crippen MR) is 92.8 cm³/mol. The molecule has 3 heterocycles. The lowest BCUT2D eigenvalue weighted by Gasteiger charge is -2.21. The van der Waals surface area contributed by atoms with E-state index >= 15 is 0 Å². The van der Waals surface area contributed by atoms with E-state index in [4.69, 9.17) is 9.47 Å². The molecule has 0 saturated carbocycles. The lowest BCUT2D eigenvalue weighted by Crippen LogP contribution is -2.18. The van der Waals surface area contributed by atoms with Crippen molar-refractivity contribution in [3.05, 3.63) is 53.5 Å². The molecule has 3 aromatic rings. The van der Waals surface area contributed by atoms with Crippen LogP contribution in [-0.2, 0) is 4.74 Å². The molecule has 0 radical (unpaired) electrons. The first-order valence-electron chi connectivity index (χ1n) is 8.41. The molecule has 2 aromatic heterocycles. The molecule has 1 saturated heterocycles. The molecule has 1 fully saturated rings. The van der Waals surface area contributed by atoms with Crippen molar-refractivity contribution < 1.29 is 14.3 Å². The fourth-order valence-electron chi connectivity index (χ4n) is 3.30. The normalized spacial score (nSPS) is 15.4. The smallest absolute Gasteiger partial charge is 0.347 e. The van der Waals surface area contributed by atoms with Crippen molar-refractivity contribution in [2.45, 2.75) is 25.7 Å². The van der Waals surface area contributed by atoms with Crippen LogP contribution in [0.4, 0.5) is 0 Å². The summed E-state index contributed by atoms with van der Waals surface area (Å²) in [7, 11) is 0. The van der Waals surface area contributed by atoms with Crippen LogP contribution in [0.5, 0.6) is 5.75 Å². The molecule has 0 spiro atoms. The van der Waals surface area contributed by atoms with E-state index in [9.17, 15) is 4.79 Å².